The summed E-state index contributed by atoms with van der Waals surface area (Å²) < 4.78 is 10.5. The molecule has 34 heavy (non-hydrogen) atoms. The van der Waals surface area contributed by atoms with Gasteiger partial charge in [0.25, 0.3) is 0 Å². The van der Waals surface area contributed by atoms with E-state index in [0.29, 0.717) is 27.4 Å². The van der Waals surface area contributed by atoms with Crippen molar-refractivity contribution in [1.82, 2.24) is 4.98 Å². The summed E-state index contributed by atoms with van der Waals surface area (Å²) in [6, 6.07) is 20.7. The van der Waals surface area contributed by atoms with Crippen LogP contribution in [-0.4, -0.2) is 36.2 Å². The number of hydrogen-bond acceptors (Lipinski definition) is 7. The van der Waals surface area contributed by atoms with E-state index >= 15 is 0 Å². The molecule has 3 aromatic carbocycles. The van der Waals surface area contributed by atoms with Crippen LogP contribution >= 0.6 is 11.3 Å². The van der Waals surface area contributed by atoms with Crippen molar-refractivity contribution in [3.05, 3.63) is 106 Å². The standard InChI is InChI=1S/C27H21NO5S/c1-3-33-27(31)22-16-28-26(34-22)23-20(24(29)17-10-6-4-7-11-17)14-19(32-2)15-21(23)25(30)18-12-8-5-9-13-18/h4-16H,3H2,1-2H3. The van der Waals surface area contributed by atoms with Gasteiger partial charge in [-0.05, 0) is 19.1 Å². The number of ether oxygens (including phenoxy) is 2. The van der Waals surface area contributed by atoms with Crippen LogP contribution in [0.5, 0.6) is 5.75 Å². The van der Waals surface area contributed by atoms with Crippen LogP contribution in [0.3, 0.4) is 0 Å². The van der Waals surface area contributed by atoms with E-state index in [1.807, 2.05) is 12.1 Å². The molecule has 170 valence electrons. The average molecular weight is 472 g/mol. The first-order chi connectivity index (χ1) is 16.5. The van der Waals surface area contributed by atoms with Crippen LogP contribution in [0.2, 0.25) is 0 Å². The molecule has 1 aromatic heterocycles. The van der Waals surface area contributed by atoms with Crippen LogP contribution in [0.25, 0.3) is 10.6 Å². The van der Waals surface area contributed by atoms with Gasteiger partial charge in [0.05, 0.1) is 19.9 Å². The summed E-state index contributed by atoms with van der Waals surface area (Å²) in [5.41, 5.74) is 1.78. The number of esters is 1. The lowest BCUT2D eigenvalue weighted by Crippen LogP contribution is -2.11. The Bertz CT molecular complexity index is 1270. The van der Waals surface area contributed by atoms with Gasteiger partial charge < -0.3 is 9.47 Å². The largest absolute Gasteiger partial charge is 0.497 e. The topological polar surface area (TPSA) is 82.6 Å². The van der Waals surface area contributed by atoms with Gasteiger partial charge in [0.1, 0.15) is 15.6 Å². The number of nitrogens with zero attached hydrogens (tertiary/aromatic N) is 1. The molecule has 6 nitrogen and oxygen atoms in total. The molecule has 0 radical (unpaired) electrons. The quantitative estimate of drug-likeness (QED) is 0.251. The molecule has 1 heterocycles. The molecule has 0 N–H and O–H groups in total. The SMILES string of the molecule is CCOC(=O)c1cnc(-c2c(C(=O)c3ccccc3)cc(OC)cc2C(=O)c2ccccc2)s1. The Morgan fingerprint density at radius 2 is 1.38 bits per heavy atom. The molecule has 0 saturated heterocycles. The van der Waals surface area contributed by atoms with Crippen LogP contribution in [0, 0.1) is 0 Å². The second-order valence-electron chi connectivity index (χ2n) is 7.24. The smallest absolute Gasteiger partial charge is 0.349 e. The predicted molar refractivity (Wildman–Crippen MR) is 130 cm³/mol. The minimum absolute atomic E-state index is 0.226. The average Bonchev–Trinajstić information content (AvgIpc) is 3.38. The number of thiazole rings is 1. The number of carbonyl (C=O) groups is 3. The molecule has 7 heteroatoms. The van der Waals surface area contributed by atoms with Gasteiger partial charge in [-0.3, -0.25) is 9.59 Å². The molecule has 0 saturated carbocycles. The molecule has 0 aliphatic rings. The van der Waals surface area contributed by atoms with Crippen molar-refractivity contribution in [2.75, 3.05) is 13.7 Å². The van der Waals surface area contributed by atoms with Crippen LogP contribution in [0.4, 0.5) is 0 Å². The Morgan fingerprint density at radius 1 is 0.853 bits per heavy atom. The maximum atomic E-state index is 13.6. The third-order valence-electron chi connectivity index (χ3n) is 5.10. The third kappa shape index (κ3) is 4.65. The zero-order chi connectivity index (χ0) is 24.1. The van der Waals surface area contributed by atoms with Crippen LogP contribution in [0.15, 0.2) is 79.0 Å². The first-order valence-corrected chi connectivity index (χ1v) is 11.4. The molecule has 0 aliphatic heterocycles. The fourth-order valence-corrected chi connectivity index (χ4v) is 4.38. The lowest BCUT2D eigenvalue weighted by molar-refractivity contribution is 0.0531. The fourth-order valence-electron chi connectivity index (χ4n) is 3.50. The highest BCUT2D eigenvalue weighted by molar-refractivity contribution is 7.16. The fraction of sp³-hybridized carbons (Fsp3) is 0.111. The first-order valence-electron chi connectivity index (χ1n) is 10.6. The highest BCUT2D eigenvalue weighted by Crippen LogP contribution is 2.37. The lowest BCUT2D eigenvalue weighted by atomic mass is 9.90. The highest BCUT2D eigenvalue weighted by atomic mass is 32.1. The molecule has 0 atom stereocenters. The van der Waals surface area contributed by atoms with Crippen LogP contribution in [0.1, 0.15) is 48.4 Å². The Kier molecular flexibility index (Phi) is 6.94. The van der Waals surface area contributed by atoms with E-state index in [0.717, 1.165) is 11.3 Å². The van der Waals surface area contributed by atoms with Crippen LogP contribution < -0.4 is 4.74 Å². The Labute approximate surface area is 200 Å². The van der Waals surface area contributed by atoms with Crippen molar-refractivity contribution in [3.63, 3.8) is 0 Å². The van der Waals surface area contributed by atoms with Crippen molar-refractivity contribution in [2.24, 2.45) is 0 Å². The number of ketones is 2. The molecule has 0 amide bonds. The molecule has 4 aromatic rings. The molecular weight excluding hydrogens is 450 g/mol. The number of aromatic nitrogens is 1. The molecule has 4 rings (SSSR count). The number of methoxy groups -OCH3 is 1. The zero-order valence-electron chi connectivity index (χ0n) is 18.6. The maximum absolute atomic E-state index is 13.6. The van der Waals surface area contributed by atoms with Gasteiger partial charge in [-0.25, -0.2) is 9.78 Å². The number of hydrogen-bond donors (Lipinski definition) is 0. The summed E-state index contributed by atoms with van der Waals surface area (Å²) in [7, 11) is 1.48. The van der Waals surface area contributed by atoms with Gasteiger partial charge in [-0.2, -0.15) is 0 Å². The van der Waals surface area contributed by atoms with Crippen molar-refractivity contribution in [1.29, 1.82) is 0 Å². The van der Waals surface area contributed by atoms with E-state index in [4.69, 9.17) is 9.47 Å². The van der Waals surface area contributed by atoms with Crippen LogP contribution in [-0.2, 0) is 4.74 Å². The van der Waals surface area contributed by atoms with E-state index in [2.05, 4.69) is 4.98 Å². The summed E-state index contributed by atoms with van der Waals surface area (Å²) in [6.07, 6.45) is 1.40. The van der Waals surface area contributed by atoms with Crippen molar-refractivity contribution < 1.29 is 23.9 Å². The van der Waals surface area contributed by atoms with Gasteiger partial charge in [0.2, 0.25) is 0 Å². The maximum Gasteiger partial charge on any atom is 0.349 e. The summed E-state index contributed by atoms with van der Waals surface area (Å²) in [6.45, 7) is 1.95. The van der Waals surface area contributed by atoms with Gasteiger partial charge in [0.15, 0.2) is 11.6 Å². The van der Waals surface area contributed by atoms with Gasteiger partial charge in [-0.15, -0.1) is 11.3 Å². The third-order valence-corrected chi connectivity index (χ3v) is 6.10. The monoisotopic (exact) mass is 471 g/mol. The normalized spacial score (nSPS) is 10.5. The Balaban J connectivity index is 1.96. The van der Waals surface area contributed by atoms with E-state index in [-0.39, 0.29) is 34.2 Å². The number of benzene rings is 3. The van der Waals surface area contributed by atoms with Gasteiger partial charge >= 0.3 is 5.97 Å². The number of carbonyl (C=O) groups excluding carboxylic acids is 3. The number of rotatable bonds is 8. The van der Waals surface area contributed by atoms with E-state index in [1.165, 1.54) is 13.3 Å². The lowest BCUT2D eigenvalue weighted by Gasteiger charge is -2.15. The molecule has 0 aliphatic carbocycles. The van der Waals surface area contributed by atoms with Crippen molar-refractivity contribution in [3.8, 4) is 16.3 Å². The first kappa shape index (κ1) is 23.1. The van der Waals surface area contributed by atoms with E-state index in [1.54, 1.807) is 67.6 Å². The van der Waals surface area contributed by atoms with E-state index in [9.17, 15) is 14.4 Å². The van der Waals surface area contributed by atoms with Crippen molar-refractivity contribution >= 4 is 28.9 Å². The second-order valence-corrected chi connectivity index (χ2v) is 8.27. The molecule has 0 unspecified atom stereocenters. The minimum atomic E-state index is -0.508. The summed E-state index contributed by atoms with van der Waals surface area (Å²) in [5.74, 6) is -0.717. The predicted octanol–water partition coefficient (Wildman–Crippen LogP) is 5.46. The highest BCUT2D eigenvalue weighted by Gasteiger charge is 2.27. The summed E-state index contributed by atoms with van der Waals surface area (Å²) in [4.78, 5) is 44.1. The zero-order valence-corrected chi connectivity index (χ0v) is 19.4. The minimum Gasteiger partial charge on any atom is -0.497 e. The molecule has 0 bridgehead atoms. The van der Waals surface area contributed by atoms with Crippen molar-refractivity contribution in [2.45, 2.75) is 6.92 Å². The summed E-state index contributed by atoms with van der Waals surface area (Å²) >= 11 is 1.07. The van der Waals surface area contributed by atoms with Gasteiger partial charge in [0, 0.05) is 27.8 Å². The molecule has 0 fully saturated rings. The van der Waals surface area contributed by atoms with Gasteiger partial charge in [-0.1, -0.05) is 60.7 Å². The van der Waals surface area contributed by atoms with E-state index < -0.39 is 5.97 Å². The second kappa shape index (κ2) is 10.2. The summed E-state index contributed by atoms with van der Waals surface area (Å²) in [5, 5.41) is 0.365. The molecular formula is C27H21NO5S. The Hall–Kier alpha value is -4.10. The Morgan fingerprint density at radius 3 is 1.85 bits per heavy atom. The molecule has 0 spiro atoms.